The molecule has 42 heavy (non-hydrogen) atoms. The van der Waals surface area contributed by atoms with E-state index >= 15 is 0 Å². The standard InChI is InChI=1S/C30H24ClFN4O5S/c1-10-15(12-5-4-11(32)8-13(12)31)16(27(38)40-3)23(36-24(34-10)25-33-6-7-42-25)29-17-20-18(29)22-19(29)21(17)30(20,22)28-35-14(9-41-28)26(37)39-2/h4-10,15,17-22H,1-3H3,(H,34,36). The number of thiazole rings is 1. The fourth-order valence-electron chi connectivity index (χ4n) is 10.3. The highest BCUT2D eigenvalue weighted by atomic mass is 35.5. The van der Waals surface area contributed by atoms with Gasteiger partial charge in [0.25, 0.3) is 0 Å². The lowest BCUT2D eigenvalue weighted by atomic mass is 8.92. The van der Waals surface area contributed by atoms with Gasteiger partial charge >= 0.3 is 11.9 Å². The molecular weight excluding hydrogens is 583 g/mol. The average molecular weight is 607 g/mol. The van der Waals surface area contributed by atoms with E-state index in [1.54, 1.807) is 12.3 Å². The number of ether oxygens (including phenoxy) is 2. The number of halogens is 2. The van der Waals surface area contributed by atoms with Crippen molar-refractivity contribution in [3.63, 3.8) is 0 Å². The third kappa shape index (κ3) is 2.42. The summed E-state index contributed by atoms with van der Waals surface area (Å²) < 4.78 is 30.2. The van der Waals surface area contributed by atoms with Crippen molar-refractivity contribution in [3.8, 4) is 0 Å². The molecular formula is C30H24ClFN4O5S. The van der Waals surface area contributed by atoms with Crippen LogP contribution in [0.25, 0.3) is 0 Å². The fraction of sp³-hybridized carbons (Fsp3) is 0.433. The van der Waals surface area contributed by atoms with Gasteiger partial charge in [0.2, 0.25) is 5.89 Å². The van der Waals surface area contributed by atoms with Crippen LogP contribution < -0.4 is 5.32 Å². The smallest absolute Gasteiger partial charge is 0.360 e. The van der Waals surface area contributed by atoms with Gasteiger partial charge in [-0.05, 0) is 60.1 Å². The molecule has 2 unspecified atom stereocenters. The van der Waals surface area contributed by atoms with Crippen LogP contribution in [0.1, 0.15) is 39.8 Å². The van der Waals surface area contributed by atoms with E-state index in [1.165, 1.54) is 44.0 Å². The molecule has 1 N–H and O–H groups in total. The number of aliphatic imine (C=N–C) groups is 1. The van der Waals surface area contributed by atoms with Crippen molar-refractivity contribution in [2.24, 2.45) is 45.9 Å². The van der Waals surface area contributed by atoms with Crippen molar-refractivity contribution in [3.05, 3.63) is 80.3 Å². The van der Waals surface area contributed by atoms with Crippen molar-refractivity contribution < 1.29 is 27.9 Å². The molecule has 2 aromatic heterocycles. The predicted octanol–water partition coefficient (Wildman–Crippen LogP) is 4.35. The Morgan fingerprint density at radius 3 is 2.38 bits per heavy atom. The third-order valence-corrected chi connectivity index (χ3v) is 12.4. The summed E-state index contributed by atoms with van der Waals surface area (Å²) in [7, 11) is 2.71. The van der Waals surface area contributed by atoms with E-state index in [0.29, 0.717) is 58.4 Å². The zero-order valence-electron chi connectivity index (χ0n) is 22.6. The Kier molecular flexibility index (Phi) is 4.68. The Morgan fingerprint density at radius 1 is 1.07 bits per heavy atom. The van der Waals surface area contributed by atoms with Gasteiger partial charge in [0.15, 0.2) is 16.5 Å². The van der Waals surface area contributed by atoms with Crippen LogP contribution >= 0.6 is 22.9 Å². The number of carbonyl (C=O) groups excluding carboxylic acids is 2. The lowest BCUT2D eigenvalue weighted by Gasteiger charge is -3.10. The number of esters is 2. The highest BCUT2D eigenvalue weighted by Crippen LogP contribution is 3.10. The second-order valence-electron chi connectivity index (χ2n) is 12.2. The summed E-state index contributed by atoms with van der Waals surface area (Å²) in [4.78, 5) is 39.9. The number of benzene rings is 1. The topological polar surface area (TPSA) is 116 Å². The summed E-state index contributed by atoms with van der Waals surface area (Å²) in [5.74, 6) is 1.36. The van der Waals surface area contributed by atoms with Crippen LogP contribution in [0.15, 0.2) is 56.7 Å². The van der Waals surface area contributed by atoms with Gasteiger partial charge in [-0.2, -0.15) is 0 Å². The number of nitrogens with zero attached hydrogens (tertiary/aromatic N) is 3. The van der Waals surface area contributed by atoms with Crippen LogP contribution in [0.4, 0.5) is 4.39 Å². The predicted molar refractivity (Wildman–Crippen MR) is 147 cm³/mol. The number of allylic oxidation sites excluding steroid dienone is 1. The van der Waals surface area contributed by atoms with Gasteiger partial charge in [-0.3, -0.25) is 4.99 Å². The van der Waals surface area contributed by atoms with E-state index in [1.807, 2.05) is 12.3 Å². The number of amidine groups is 1. The van der Waals surface area contributed by atoms with E-state index in [4.69, 9.17) is 30.5 Å². The Hall–Kier alpha value is -3.57. The molecule has 3 heterocycles. The largest absolute Gasteiger partial charge is 0.466 e. The molecule has 0 amide bonds. The molecule has 10 rings (SSSR count). The average Bonchev–Trinajstić information content (AvgIpc) is 3.69. The van der Waals surface area contributed by atoms with E-state index in [9.17, 15) is 14.0 Å². The molecule has 2 atom stereocenters. The summed E-state index contributed by atoms with van der Waals surface area (Å²) >= 11 is 8.10. The van der Waals surface area contributed by atoms with Gasteiger partial charge in [0.05, 0.1) is 31.2 Å². The molecule has 214 valence electrons. The Bertz CT molecular complexity index is 1750. The normalized spacial score (nSPS) is 39.2. The monoisotopic (exact) mass is 606 g/mol. The maximum absolute atomic E-state index is 14.1. The molecule has 9 nitrogen and oxygen atoms in total. The number of hydrogen-bond acceptors (Lipinski definition) is 10. The highest BCUT2D eigenvalue weighted by molar-refractivity contribution is 7.11. The summed E-state index contributed by atoms with van der Waals surface area (Å²) in [6.07, 6.45) is 3.12. The van der Waals surface area contributed by atoms with Crippen molar-refractivity contribution in [1.29, 1.82) is 0 Å². The van der Waals surface area contributed by atoms with Crippen molar-refractivity contribution in [2.45, 2.75) is 24.3 Å². The molecule has 0 spiro atoms. The third-order valence-electron chi connectivity index (χ3n) is 11.3. The molecule has 1 aliphatic heterocycles. The minimum Gasteiger partial charge on any atom is -0.466 e. The lowest BCUT2D eigenvalue weighted by Crippen LogP contribution is -3.11. The van der Waals surface area contributed by atoms with Crippen molar-refractivity contribution >= 4 is 40.7 Å². The molecule has 7 aliphatic rings. The molecule has 6 fully saturated rings. The molecule has 0 saturated heterocycles. The molecule has 6 aliphatic carbocycles. The first-order valence-corrected chi connectivity index (χ1v) is 15.1. The Labute approximate surface area is 248 Å². The fourth-order valence-corrected chi connectivity index (χ4v) is 11.2. The van der Waals surface area contributed by atoms with Crippen LogP contribution in [0.2, 0.25) is 5.02 Å². The lowest BCUT2D eigenvalue weighted by molar-refractivity contribution is -0.621. The SMILES string of the molecule is COC(=O)C1=C(C23C4C5C2C2C3C4C52c2nc(C(=O)OC)co2)NC(c2nccs2)=NC(C)C1c1ccc(F)cc1Cl. The molecule has 1 aromatic carbocycles. The first kappa shape index (κ1) is 25.0. The molecule has 12 heteroatoms. The second-order valence-corrected chi connectivity index (χ2v) is 13.5. The van der Waals surface area contributed by atoms with E-state index in [0.717, 1.165) is 10.7 Å². The van der Waals surface area contributed by atoms with Gasteiger partial charge in [-0.1, -0.05) is 17.7 Å². The van der Waals surface area contributed by atoms with Crippen molar-refractivity contribution in [1.82, 2.24) is 15.3 Å². The Balaban J connectivity index is 1.17. The summed E-state index contributed by atoms with van der Waals surface area (Å²) in [6, 6.07) is 3.85. The van der Waals surface area contributed by atoms with E-state index < -0.39 is 29.7 Å². The van der Waals surface area contributed by atoms with Crippen molar-refractivity contribution in [2.75, 3.05) is 14.2 Å². The highest BCUT2D eigenvalue weighted by Gasteiger charge is 3.11. The molecule has 6 saturated carbocycles. The van der Waals surface area contributed by atoms with Crippen LogP contribution in [-0.2, 0) is 19.7 Å². The number of rotatable bonds is 6. The summed E-state index contributed by atoms with van der Waals surface area (Å²) in [6.45, 7) is 1.93. The molecule has 0 bridgehead atoms. The first-order valence-electron chi connectivity index (χ1n) is 13.9. The zero-order chi connectivity index (χ0) is 28.9. The maximum atomic E-state index is 14.1. The number of carbonyl (C=O) groups is 2. The number of oxazole rings is 1. The van der Waals surface area contributed by atoms with Gasteiger partial charge in [0.1, 0.15) is 12.1 Å². The van der Waals surface area contributed by atoms with Gasteiger partial charge in [0, 0.05) is 33.6 Å². The number of nitrogens with one attached hydrogen (secondary N) is 1. The quantitative estimate of drug-likeness (QED) is 0.412. The van der Waals surface area contributed by atoms with Crippen LogP contribution in [0.5, 0.6) is 0 Å². The van der Waals surface area contributed by atoms with Crippen LogP contribution in [-0.4, -0.2) is 48.0 Å². The van der Waals surface area contributed by atoms with Gasteiger partial charge in [-0.15, -0.1) is 11.3 Å². The van der Waals surface area contributed by atoms with Crippen LogP contribution in [0.3, 0.4) is 0 Å². The van der Waals surface area contributed by atoms with Crippen LogP contribution in [0, 0.1) is 46.7 Å². The molecule has 0 radical (unpaired) electrons. The zero-order valence-corrected chi connectivity index (χ0v) is 24.2. The minimum atomic E-state index is -0.561. The minimum absolute atomic E-state index is 0.135. The van der Waals surface area contributed by atoms with E-state index in [2.05, 4.69) is 15.3 Å². The summed E-state index contributed by atoms with van der Waals surface area (Å²) in [5.41, 5.74) is 1.77. The maximum Gasteiger partial charge on any atom is 0.360 e. The van der Waals surface area contributed by atoms with Gasteiger partial charge < -0.3 is 19.2 Å². The van der Waals surface area contributed by atoms with Gasteiger partial charge in [-0.25, -0.2) is 23.9 Å². The number of methoxy groups -OCH3 is 2. The number of hydrogen-bond donors (Lipinski definition) is 1. The second kappa shape index (κ2) is 7.87. The summed E-state index contributed by atoms with van der Waals surface area (Å²) in [5, 5.41) is 6.47. The Morgan fingerprint density at radius 2 is 1.76 bits per heavy atom. The van der Waals surface area contributed by atoms with E-state index in [-0.39, 0.29) is 21.5 Å². The first-order chi connectivity index (χ1) is 20.3. The molecule has 3 aromatic rings. The number of aromatic nitrogens is 2.